The molecule has 22 heavy (non-hydrogen) atoms. The highest BCUT2D eigenvalue weighted by atomic mass is 35.5. The molecule has 0 fully saturated rings. The SMILES string of the molecule is NS(=O)(=O)c1ccc(CCNCCc2ccccc2)cc1.[Cl-]. The number of rotatable bonds is 7. The van der Waals surface area contributed by atoms with Crippen LogP contribution in [0.1, 0.15) is 11.1 Å². The molecule has 4 nitrogen and oxygen atoms in total. The Morgan fingerprint density at radius 1 is 0.818 bits per heavy atom. The third-order valence-corrected chi connectivity index (χ3v) is 4.20. The first kappa shape index (κ1) is 18.6. The molecule has 0 spiro atoms. The molecule has 0 radical (unpaired) electrons. The lowest BCUT2D eigenvalue weighted by Crippen LogP contribution is -3.00. The van der Waals surface area contributed by atoms with Gasteiger partial charge in [-0.25, -0.2) is 13.6 Å². The van der Waals surface area contributed by atoms with Gasteiger partial charge in [-0.1, -0.05) is 42.5 Å². The Labute approximate surface area is 138 Å². The summed E-state index contributed by atoms with van der Waals surface area (Å²) < 4.78 is 22.3. The predicted octanol–water partition coefficient (Wildman–Crippen LogP) is -1.29. The number of benzene rings is 2. The number of halogens is 1. The highest BCUT2D eigenvalue weighted by Crippen LogP contribution is 2.08. The van der Waals surface area contributed by atoms with E-state index in [-0.39, 0.29) is 17.3 Å². The van der Waals surface area contributed by atoms with E-state index in [2.05, 4.69) is 17.4 Å². The molecule has 2 aromatic rings. The first-order valence-electron chi connectivity index (χ1n) is 6.92. The van der Waals surface area contributed by atoms with Crippen molar-refractivity contribution in [3.63, 3.8) is 0 Å². The van der Waals surface area contributed by atoms with Gasteiger partial charge in [0.15, 0.2) is 0 Å². The highest BCUT2D eigenvalue weighted by Gasteiger charge is 2.06. The number of sulfonamides is 1. The largest absolute Gasteiger partial charge is 1.00 e. The normalized spacial score (nSPS) is 11.0. The maximum absolute atomic E-state index is 11.1. The monoisotopic (exact) mass is 339 g/mol. The van der Waals surface area contributed by atoms with Crippen LogP contribution in [0.4, 0.5) is 0 Å². The van der Waals surface area contributed by atoms with Crippen LogP contribution < -0.4 is 22.9 Å². The minimum absolute atomic E-state index is 0. The van der Waals surface area contributed by atoms with Crippen molar-refractivity contribution in [3.8, 4) is 0 Å². The summed E-state index contributed by atoms with van der Waals surface area (Å²) in [6.45, 7) is 1.79. The topological polar surface area (TPSA) is 72.2 Å². The number of hydrogen-bond donors (Lipinski definition) is 2. The van der Waals surface area contributed by atoms with Gasteiger partial charge in [-0.15, -0.1) is 0 Å². The van der Waals surface area contributed by atoms with E-state index in [0.717, 1.165) is 31.5 Å². The van der Waals surface area contributed by atoms with E-state index in [1.807, 2.05) is 18.2 Å². The molecule has 0 heterocycles. The molecule has 6 heteroatoms. The lowest BCUT2D eigenvalue weighted by molar-refractivity contribution is -0.00000696. The Morgan fingerprint density at radius 2 is 1.32 bits per heavy atom. The summed E-state index contributed by atoms with van der Waals surface area (Å²) in [5.74, 6) is 0. The summed E-state index contributed by atoms with van der Waals surface area (Å²) in [6, 6.07) is 17.1. The van der Waals surface area contributed by atoms with E-state index in [0.29, 0.717) is 0 Å². The van der Waals surface area contributed by atoms with Crippen LogP contribution in [0.5, 0.6) is 0 Å². The average molecular weight is 340 g/mol. The Morgan fingerprint density at radius 3 is 1.82 bits per heavy atom. The molecule has 3 N–H and O–H groups in total. The fourth-order valence-electron chi connectivity index (χ4n) is 2.08. The molecule has 2 aromatic carbocycles. The van der Waals surface area contributed by atoms with E-state index < -0.39 is 10.0 Å². The second kappa shape index (κ2) is 8.90. The van der Waals surface area contributed by atoms with Crippen molar-refractivity contribution in [2.24, 2.45) is 5.14 Å². The van der Waals surface area contributed by atoms with Gasteiger partial charge in [0.2, 0.25) is 10.0 Å². The smallest absolute Gasteiger partial charge is 0.238 e. The van der Waals surface area contributed by atoms with Crippen molar-refractivity contribution in [2.75, 3.05) is 13.1 Å². The van der Waals surface area contributed by atoms with Gasteiger partial charge in [0, 0.05) is 0 Å². The van der Waals surface area contributed by atoms with Crippen LogP contribution in [0.2, 0.25) is 0 Å². The molecule has 2 rings (SSSR count). The van der Waals surface area contributed by atoms with Gasteiger partial charge < -0.3 is 17.7 Å². The molecule has 0 atom stereocenters. The van der Waals surface area contributed by atoms with Crippen molar-refractivity contribution in [3.05, 3.63) is 65.7 Å². The third kappa shape index (κ3) is 6.15. The van der Waals surface area contributed by atoms with Gasteiger partial charge in [-0.05, 0) is 49.2 Å². The number of nitrogens with one attached hydrogen (secondary N) is 1. The van der Waals surface area contributed by atoms with Crippen LogP contribution >= 0.6 is 0 Å². The summed E-state index contributed by atoms with van der Waals surface area (Å²) in [5, 5.41) is 8.45. The second-order valence-corrected chi connectivity index (χ2v) is 6.49. The van der Waals surface area contributed by atoms with E-state index >= 15 is 0 Å². The lowest BCUT2D eigenvalue weighted by Gasteiger charge is -2.06. The molecule has 0 amide bonds. The minimum atomic E-state index is -3.59. The number of nitrogens with two attached hydrogens (primary N) is 1. The molecule has 0 aliphatic carbocycles. The Bertz CT molecular complexity index is 658. The quantitative estimate of drug-likeness (QED) is 0.617. The first-order valence-corrected chi connectivity index (χ1v) is 8.47. The van der Waals surface area contributed by atoms with Crippen molar-refractivity contribution in [1.82, 2.24) is 5.32 Å². The Balaban J connectivity index is 0.00000242. The van der Waals surface area contributed by atoms with E-state index in [1.165, 1.54) is 5.56 Å². The predicted molar refractivity (Wildman–Crippen MR) is 84.5 cm³/mol. The Hall–Kier alpha value is -1.40. The average Bonchev–Trinajstić information content (AvgIpc) is 2.47. The van der Waals surface area contributed by atoms with E-state index in [9.17, 15) is 8.42 Å². The zero-order valence-electron chi connectivity index (χ0n) is 12.2. The number of primary sulfonamides is 1. The maximum Gasteiger partial charge on any atom is 0.238 e. The van der Waals surface area contributed by atoms with Crippen LogP contribution in [0.3, 0.4) is 0 Å². The highest BCUT2D eigenvalue weighted by molar-refractivity contribution is 7.89. The van der Waals surface area contributed by atoms with Crippen LogP contribution in [-0.4, -0.2) is 21.5 Å². The van der Waals surface area contributed by atoms with Gasteiger partial charge in [-0.2, -0.15) is 0 Å². The fourth-order valence-corrected chi connectivity index (χ4v) is 2.60. The zero-order chi connectivity index (χ0) is 15.1. The molecular weight excluding hydrogens is 320 g/mol. The molecule has 0 bridgehead atoms. The summed E-state index contributed by atoms with van der Waals surface area (Å²) >= 11 is 0. The summed E-state index contributed by atoms with van der Waals surface area (Å²) in [4.78, 5) is 0.156. The molecule has 0 unspecified atom stereocenters. The van der Waals surface area contributed by atoms with Crippen molar-refractivity contribution >= 4 is 10.0 Å². The summed E-state index contributed by atoms with van der Waals surface area (Å²) in [7, 11) is -3.59. The first-order chi connectivity index (χ1) is 10.1. The van der Waals surface area contributed by atoms with Gasteiger partial charge >= 0.3 is 0 Å². The maximum atomic E-state index is 11.1. The zero-order valence-corrected chi connectivity index (χ0v) is 13.8. The van der Waals surface area contributed by atoms with Crippen molar-refractivity contribution in [2.45, 2.75) is 17.7 Å². The van der Waals surface area contributed by atoms with E-state index in [1.54, 1.807) is 24.3 Å². The van der Waals surface area contributed by atoms with Crippen molar-refractivity contribution in [1.29, 1.82) is 0 Å². The lowest BCUT2D eigenvalue weighted by atomic mass is 10.1. The third-order valence-electron chi connectivity index (χ3n) is 3.28. The van der Waals surface area contributed by atoms with Crippen LogP contribution in [0, 0.1) is 0 Å². The minimum Gasteiger partial charge on any atom is -1.00 e. The molecular formula is C16H20ClN2O2S-. The molecule has 0 aliphatic rings. The summed E-state index contributed by atoms with van der Waals surface area (Å²) in [5.41, 5.74) is 2.41. The van der Waals surface area contributed by atoms with Crippen LogP contribution in [0.25, 0.3) is 0 Å². The molecule has 0 aromatic heterocycles. The van der Waals surface area contributed by atoms with Crippen LogP contribution in [0.15, 0.2) is 59.5 Å². The van der Waals surface area contributed by atoms with Gasteiger partial charge in [-0.3, -0.25) is 0 Å². The van der Waals surface area contributed by atoms with Gasteiger partial charge in [0.05, 0.1) is 4.90 Å². The van der Waals surface area contributed by atoms with E-state index in [4.69, 9.17) is 5.14 Å². The molecule has 0 saturated carbocycles. The van der Waals surface area contributed by atoms with Gasteiger partial charge in [0.25, 0.3) is 0 Å². The molecule has 120 valence electrons. The standard InChI is InChI=1S/C16H20N2O2S.ClH/c17-21(19,20)16-8-6-15(7-9-16)11-13-18-12-10-14-4-2-1-3-5-14;/h1-9,18H,10-13H2,(H2,17,19,20);1H/p-1. The summed E-state index contributed by atoms with van der Waals surface area (Å²) in [6.07, 6.45) is 1.87. The van der Waals surface area contributed by atoms with Crippen molar-refractivity contribution < 1.29 is 20.8 Å². The molecule has 0 aliphatic heterocycles. The van der Waals surface area contributed by atoms with Gasteiger partial charge in [0.1, 0.15) is 0 Å². The van der Waals surface area contributed by atoms with Crippen LogP contribution in [-0.2, 0) is 22.9 Å². The second-order valence-electron chi connectivity index (χ2n) is 4.92. The Kier molecular flexibility index (Phi) is 7.55. The number of hydrogen-bond acceptors (Lipinski definition) is 3. The molecule has 0 saturated heterocycles. The fraction of sp³-hybridized carbons (Fsp3) is 0.250.